The van der Waals surface area contributed by atoms with Crippen LogP contribution in [0.15, 0.2) is 30.6 Å². The zero-order valence-electron chi connectivity index (χ0n) is 10.7. The standard InChI is InChI=1S/C13H14N2O4/c1-15-7-6-14-11(15)8-19-12-9(13(16)17)4-3-5-10(12)18-2/h3-7H,8H2,1-2H3,(H,16,17). The number of aromatic nitrogens is 2. The lowest BCUT2D eigenvalue weighted by molar-refractivity contribution is 0.0690. The Balaban J connectivity index is 2.28. The first-order valence-corrected chi connectivity index (χ1v) is 5.62. The normalized spacial score (nSPS) is 10.2. The van der Waals surface area contributed by atoms with Gasteiger partial charge < -0.3 is 19.1 Å². The van der Waals surface area contributed by atoms with Crippen LogP contribution < -0.4 is 9.47 Å². The molecule has 6 nitrogen and oxygen atoms in total. The maximum absolute atomic E-state index is 11.2. The molecule has 0 saturated carbocycles. The van der Waals surface area contributed by atoms with Crippen LogP contribution in [-0.2, 0) is 13.7 Å². The fraction of sp³-hybridized carbons (Fsp3) is 0.231. The summed E-state index contributed by atoms with van der Waals surface area (Å²) in [5.41, 5.74) is 0.0635. The quantitative estimate of drug-likeness (QED) is 0.887. The highest BCUT2D eigenvalue weighted by molar-refractivity contribution is 5.92. The fourth-order valence-electron chi connectivity index (χ4n) is 1.67. The first-order chi connectivity index (χ1) is 9.13. The number of para-hydroxylation sites is 1. The summed E-state index contributed by atoms with van der Waals surface area (Å²) in [7, 11) is 3.31. The van der Waals surface area contributed by atoms with Crippen LogP contribution in [0.1, 0.15) is 16.2 Å². The zero-order chi connectivity index (χ0) is 13.8. The predicted octanol–water partition coefficient (Wildman–Crippen LogP) is 1.71. The number of carboxylic acids is 1. The van der Waals surface area contributed by atoms with Gasteiger partial charge in [-0.15, -0.1) is 0 Å². The maximum Gasteiger partial charge on any atom is 0.339 e. The van der Waals surface area contributed by atoms with Crippen LogP contribution in [0.5, 0.6) is 11.5 Å². The Labute approximate surface area is 110 Å². The molecule has 0 atom stereocenters. The van der Waals surface area contributed by atoms with Gasteiger partial charge in [0.1, 0.15) is 18.0 Å². The van der Waals surface area contributed by atoms with Crippen molar-refractivity contribution in [3.8, 4) is 11.5 Å². The van der Waals surface area contributed by atoms with Crippen LogP contribution in [0.4, 0.5) is 0 Å². The highest BCUT2D eigenvalue weighted by Crippen LogP contribution is 2.31. The average Bonchev–Trinajstić information content (AvgIpc) is 2.81. The second-order valence-corrected chi connectivity index (χ2v) is 3.89. The van der Waals surface area contributed by atoms with Crippen LogP contribution in [0.3, 0.4) is 0 Å². The molecule has 1 heterocycles. The summed E-state index contributed by atoms with van der Waals surface area (Å²) < 4.78 is 12.5. The molecule has 1 aromatic carbocycles. The topological polar surface area (TPSA) is 73.6 Å². The molecule has 0 bridgehead atoms. The van der Waals surface area contributed by atoms with E-state index in [9.17, 15) is 4.79 Å². The number of rotatable bonds is 5. The first-order valence-electron chi connectivity index (χ1n) is 5.62. The van der Waals surface area contributed by atoms with Gasteiger partial charge in [0.05, 0.1) is 7.11 Å². The highest BCUT2D eigenvalue weighted by Gasteiger charge is 2.16. The number of ether oxygens (including phenoxy) is 2. The van der Waals surface area contributed by atoms with E-state index in [1.54, 1.807) is 29.1 Å². The third-order valence-corrected chi connectivity index (χ3v) is 2.70. The Morgan fingerprint density at radius 1 is 1.47 bits per heavy atom. The number of benzene rings is 1. The molecule has 0 spiro atoms. The van der Waals surface area contributed by atoms with Crippen molar-refractivity contribution >= 4 is 5.97 Å². The molecule has 2 rings (SSSR count). The van der Waals surface area contributed by atoms with Crippen molar-refractivity contribution in [1.82, 2.24) is 9.55 Å². The molecule has 0 aliphatic carbocycles. The molecule has 100 valence electrons. The van der Waals surface area contributed by atoms with Gasteiger partial charge >= 0.3 is 5.97 Å². The van der Waals surface area contributed by atoms with Gasteiger partial charge in [-0.2, -0.15) is 0 Å². The van der Waals surface area contributed by atoms with E-state index >= 15 is 0 Å². The number of methoxy groups -OCH3 is 1. The van der Waals surface area contributed by atoms with E-state index in [1.165, 1.54) is 13.2 Å². The van der Waals surface area contributed by atoms with Crippen molar-refractivity contribution in [2.45, 2.75) is 6.61 Å². The minimum atomic E-state index is -1.06. The summed E-state index contributed by atoms with van der Waals surface area (Å²) in [6.07, 6.45) is 3.44. The molecule has 1 aromatic heterocycles. The summed E-state index contributed by atoms with van der Waals surface area (Å²) in [6, 6.07) is 4.73. The lowest BCUT2D eigenvalue weighted by Gasteiger charge is -2.12. The summed E-state index contributed by atoms with van der Waals surface area (Å²) in [5, 5.41) is 9.14. The minimum Gasteiger partial charge on any atom is -0.493 e. The van der Waals surface area contributed by atoms with E-state index in [4.69, 9.17) is 14.6 Å². The van der Waals surface area contributed by atoms with Crippen LogP contribution in [0, 0.1) is 0 Å². The second-order valence-electron chi connectivity index (χ2n) is 3.89. The van der Waals surface area contributed by atoms with E-state index in [0.717, 1.165) is 0 Å². The van der Waals surface area contributed by atoms with Crippen LogP contribution in [-0.4, -0.2) is 27.7 Å². The summed E-state index contributed by atoms with van der Waals surface area (Å²) in [6.45, 7) is 0.171. The van der Waals surface area contributed by atoms with Crippen LogP contribution in [0.2, 0.25) is 0 Å². The van der Waals surface area contributed by atoms with Crippen LogP contribution in [0.25, 0.3) is 0 Å². The van der Waals surface area contributed by atoms with Crippen molar-refractivity contribution in [1.29, 1.82) is 0 Å². The van der Waals surface area contributed by atoms with Crippen LogP contribution >= 0.6 is 0 Å². The Morgan fingerprint density at radius 3 is 2.84 bits per heavy atom. The second kappa shape index (κ2) is 5.43. The van der Waals surface area contributed by atoms with Gasteiger partial charge in [-0.25, -0.2) is 9.78 Å². The van der Waals surface area contributed by atoms with Crippen molar-refractivity contribution in [2.24, 2.45) is 7.05 Å². The fourth-order valence-corrected chi connectivity index (χ4v) is 1.67. The molecule has 0 radical (unpaired) electrons. The van der Waals surface area contributed by atoms with E-state index < -0.39 is 5.97 Å². The van der Waals surface area contributed by atoms with Gasteiger partial charge in [-0.3, -0.25) is 0 Å². The molecule has 2 aromatic rings. The average molecular weight is 262 g/mol. The van der Waals surface area contributed by atoms with Gasteiger partial charge in [-0.1, -0.05) is 6.07 Å². The minimum absolute atomic E-state index is 0.0635. The van der Waals surface area contributed by atoms with Gasteiger partial charge in [0.15, 0.2) is 11.5 Å². The smallest absolute Gasteiger partial charge is 0.339 e. The molecule has 19 heavy (non-hydrogen) atoms. The molecule has 1 N–H and O–H groups in total. The molecule has 6 heteroatoms. The Kier molecular flexibility index (Phi) is 3.70. The van der Waals surface area contributed by atoms with Gasteiger partial charge in [0, 0.05) is 19.4 Å². The highest BCUT2D eigenvalue weighted by atomic mass is 16.5. The van der Waals surface area contributed by atoms with Crippen molar-refractivity contribution in [2.75, 3.05) is 7.11 Å². The predicted molar refractivity (Wildman–Crippen MR) is 67.5 cm³/mol. The third kappa shape index (κ3) is 2.67. The Hall–Kier alpha value is -2.50. The molecule has 0 aliphatic heterocycles. The number of imidazole rings is 1. The lowest BCUT2D eigenvalue weighted by Crippen LogP contribution is -2.07. The van der Waals surface area contributed by atoms with Crippen molar-refractivity contribution in [3.05, 3.63) is 42.0 Å². The number of aromatic carboxylic acids is 1. The van der Waals surface area contributed by atoms with E-state index in [1.807, 2.05) is 7.05 Å². The maximum atomic E-state index is 11.2. The Bertz CT molecular complexity index is 592. The van der Waals surface area contributed by atoms with Gasteiger partial charge in [-0.05, 0) is 12.1 Å². The SMILES string of the molecule is COc1cccc(C(=O)O)c1OCc1nccn1C. The monoisotopic (exact) mass is 262 g/mol. The number of carboxylic acid groups (broad SMARTS) is 1. The lowest BCUT2D eigenvalue weighted by atomic mass is 10.2. The number of carbonyl (C=O) groups is 1. The molecular weight excluding hydrogens is 248 g/mol. The van der Waals surface area contributed by atoms with E-state index in [-0.39, 0.29) is 17.9 Å². The number of nitrogens with zero attached hydrogens (tertiary/aromatic N) is 2. The molecule has 0 aliphatic rings. The van der Waals surface area contributed by atoms with Gasteiger partial charge in [0.2, 0.25) is 0 Å². The number of hydrogen-bond acceptors (Lipinski definition) is 4. The molecule has 0 amide bonds. The molecule has 0 unspecified atom stereocenters. The largest absolute Gasteiger partial charge is 0.493 e. The summed E-state index contributed by atoms with van der Waals surface area (Å²) in [4.78, 5) is 15.3. The zero-order valence-corrected chi connectivity index (χ0v) is 10.7. The molecular formula is C13H14N2O4. The molecule has 0 saturated heterocycles. The third-order valence-electron chi connectivity index (χ3n) is 2.70. The van der Waals surface area contributed by atoms with Crippen molar-refractivity contribution < 1.29 is 19.4 Å². The van der Waals surface area contributed by atoms with E-state index in [0.29, 0.717) is 11.6 Å². The first kappa shape index (κ1) is 12.9. The number of aryl methyl sites for hydroxylation is 1. The molecule has 0 fully saturated rings. The van der Waals surface area contributed by atoms with Crippen molar-refractivity contribution in [3.63, 3.8) is 0 Å². The Morgan fingerprint density at radius 2 is 2.26 bits per heavy atom. The summed E-state index contributed by atoms with van der Waals surface area (Å²) in [5.74, 6) is 0.227. The van der Waals surface area contributed by atoms with E-state index in [2.05, 4.69) is 4.98 Å². The number of hydrogen-bond donors (Lipinski definition) is 1. The van der Waals surface area contributed by atoms with Gasteiger partial charge in [0.25, 0.3) is 0 Å². The summed E-state index contributed by atoms with van der Waals surface area (Å²) >= 11 is 0.